The number of amides is 1. The summed E-state index contributed by atoms with van der Waals surface area (Å²) in [4.78, 5) is 12.3. The van der Waals surface area contributed by atoms with E-state index in [4.69, 9.17) is 4.74 Å². The van der Waals surface area contributed by atoms with Gasteiger partial charge in [-0.15, -0.1) is 12.4 Å². The van der Waals surface area contributed by atoms with Crippen LogP contribution in [0.2, 0.25) is 0 Å². The lowest BCUT2D eigenvalue weighted by Gasteiger charge is -2.32. The Labute approximate surface area is 130 Å². The number of benzene rings is 1. The molecule has 1 amide bonds. The summed E-state index contributed by atoms with van der Waals surface area (Å²) in [5, 5.41) is 6.01. The highest BCUT2D eigenvalue weighted by Crippen LogP contribution is 2.28. The zero-order valence-electron chi connectivity index (χ0n) is 12.4. The van der Waals surface area contributed by atoms with Crippen molar-refractivity contribution in [2.75, 3.05) is 25.0 Å². The number of hydrogen-bond acceptors (Lipinski definition) is 3. The first-order valence-electron chi connectivity index (χ1n) is 7.00. The summed E-state index contributed by atoms with van der Waals surface area (Å²) in [5.41, 5.74) is 0.0237. The normalized spacial score (nSPS) is 21.3. The summed E-state index contributed by atoms with van der Waals surface area (Å²) < 4.78 is 18.9. The Morgan fingerprint density at radius 3 is 2.86 bits per heavy atom. The summed E-state index contributed by atoms with van der Waals surface area (Å²) in [6.45, 7) is 5.73. The van der Waals surface area contributed by atoms with Gasteiger partial charge >= 0.3 is 0 Å². The van der Waals surface area contributed by atoms with E-state index >= 15 is 0 Å². The van der Waals surface area contributed by atoms with Crippen molar-refractivity contribution < 1.29 is 13.9 Å². The van der Waals surface area contributed by atoms with Crippen molar-refractivity contribution >= 4 is 24.0 Å². The molecule has 0 spiro atoms. The minimum Gasteiger partial charge on any atom is -0.491 e. The Balaban J connectivity index is 0.00000220. The second kappa shape index (κ2) is 7.61. The summed E-state index contributed by atoms with van der Waals surface area (Å²) >= 11 is 0. The molecule has 1 aromatic rings. The lowest BCUT2D eigenvalue weighted by atomic mass is 9.82. The fourth-order valence-electron chi connectivity index (χ4n) is 2.38. The summed E-state index contributed by atoms with van der Waals surface area (Å²) in [7, 11) is 0. The molecule has 1 aromatic carbocycles. The number of ether oxygens (including phenoxy) is 1. The van der Waals surface area contributed by atoms with Gasteiger partial charge in [0.2, 0.25) is 5.91 Å². The van der Waals surface area contributed by atoms with E-state index in [2.05, 4.69) is 10.6 Å². The van der Waals surface area contributed by atoms with E-state index in [1.807, 2.05) is 6.92 Å². The van der Waals surface area contributed by atoms with Crippen LogP contribution in [0.5, 0.6) is 5.75 Å². The largest absolute Gasteiger partial charge is 0.491 e. The van der Waals surface area contributed by atoms with Gasteiger partial charge in [-0.2, -0.15) is 0 Å². The molecule has 1 unspecified atom stereocenters. The number of nitrogens with one attached hydrogen (secondary N) is 2. The van der Waals surface area contributed by atoms with Gasteiger partial charge in [-0.1, -0.05) is 0 Å². The van der Waals surface area contributed by atoms with Gasteiger partial charge in [0.1, 0.15) is 0 Å². The van der Waals surface area contributed by atoms with Crippen molar-refractivity contribution in [2.45, 2.75) is 26.7 Å². The second-order valence-electron chi connectivity index (χ2n) is 5.37. The first-order chi connectivity index (χ1) is 9.55. The van der Waals surface area contributed by atoms with Crippen molar-refractivity contribution in [1.82, 2.24) is 5.32 Å². The average Bonchev–Trinajstić information content (AvgIpc) is 2.43. The van der Waals surface area contributed by atoms with Gasteiger partial charge < -0.3 is 15.4 Å². The maximum atomic E-state index is 13.7. The summed E-state index contributed by atoms with van der Waals surface area (Å²) in [6, 6.07) is 4.49. The van der Waals surface area contributed by atoms with Gasteiger partial charge in [0.15, 0.2) is 11.6 Å². The van der Waals surface area contributed by atoms with Gasteiger partial charge in [-0.05, 0) is 45.4 Å². The number of carbonyl (C=O) groups is 1. The molecule has 2 N–H and O–H groups in total. The maximum absolute atomic E-state index is 13.7. The molecule has 0 aromatic heterocycles. The molecular weight excluding hydrogens is 295 g/mol. The summed E-state index contributed by atoms with van der Waals surface area (Å²) in [6.07, 6.45) is 1.81. The molecule has 4 nitrogen and oxygen atoms in total. The van der Waals surface area contributed by atoms with Gasteiger partial charge in [-0.25, -0.2) is 4.39 Å². The number of rotatable bonds is 4. The standard InChI is InChI=1S/C15H21FN2O2.ClH/c1-3-20-13-6-5-11(9-12(13)16)18-14(19)15(2)7-4-8-17-10-15;/h5-6,9,17H,3-4,7-8,10H2,1-2H3,(H,18,19);1H. The first kappa shape index (κ1) is 17.7. The molecule has 0 bridgehead atoms. The average molecular weight is 317 g/mol. The van der Waals surface area contributed by atoms with Crippen LogP contribution in [0, 0.1) is 11.2 Å². The molecule has 0 saturated carbocycles. The smallest absolute Gasteiger partial charge is 0.231 e. The van der Waals surface area contributed by atoms with Crippen LogP contribution in [0.4, 0.5) is 10.1 Å². The maximum Gasteiger partial charge on any atom is 0.231 e. The van der Waals surface area contributed by atoms with Crippen LogP contribution in [0.15, 0.2) is 18.2 Å². The van der Waals surface area contributed by atoms with Crippen LogP contribution in [-0.4, -0.2) is 25.6 Å². The Hall–Kier alpha value is -1.33. The fraction of sp³-hybridized carbons (Fsp3) is 0.533. The molecular formula is C15H22ClFN2O2. The highest BCUT2D eigenvalue weighted by atomic mass is 35.5. The molecule has 21 heavy (non-hydrogen) atoms. The predicted molar refractivity (Wildman–Crippen MR) is 83.7 cm³/mol. The highest BCUT2D eigenvalue weighted by molar-refractivity contribution is 5.95. The molecule has 6 heteroatoms. The van der Waals surface area contributed by atoms with Crippen molar-refractivity contribution in [2.24, 2.45) is 5.41 Å². The van der Waals surface area contributed by atoms with Crippen LogP contribution >= 0.6 is 12.4 Å². The Bertz CT molecular complexity index is 491. The number of halogens is 2. The lowest BCUT2D eigenvalue weighted by molar-refractivity contribution is -0.125. The molecule has 1 fully saturated rings. The van der Waals surface area contributed by atoms with E-state index in [0.717, 1.165) is 19.4 Å². The third-order valence-corrected chi connectivity index (χ3v) is 3.64. The summed E-state index contributed by atoms with van der Waals surface area (Å²) in [5.74, 6) is -0.333. The van der Waals surface area contributed by atoms with E-state index in [-0.39, 0.29) is 24.1 Å². The molecule has 0 radical (unpaired) electrons. The zero-order valence-corrected chi connectivity index (χ0v) is 13.2. The number of anilines is 1. The monoisotopic (exact) mass is 316 g/mol. The van der Waals surface area contributed by atoms with Gasteiger partial charge in [0, 0.05) is 18.3 Å². The highest BCUT2D eigenvalue weighted by Gasteiger charge is 2.34. The van der Waals surface area contributed by atoms with E-state index in [0.29, 0.717) is 18.8 Å². The first-order valence-corrected chi connectivity index (χ1v) is 7.00. The molecule has 0 aliphatic carbocycles. The minimum atomic E-state index is -0.462. The van der Waals surface area contributed by atoms with Crippen molar-refractivity contribution in [1.29, 1.82) is 0 Å². The minimum absolute atomic E-state index is 0. The second-order valence-corrected chi connectivity index (χ2v) is 5.37. The van der Waals surface area contributed by atoms with Crippen LogP contribution in [-0.2, 0) is 4.79 Å². The lowest BCUT2D eigenvalue weighted by Crippen LogP contribution is -2.46. The Morgan fingerprint density at radius 1 is 1.52 bits per heavy atom. The quantitative estimate of drug-likeness (QED) is 0.898. The van der Waals surface area contributed by atoms with Gasteiger partial charge in [-0.3, -0.25) is 4.79 Å². The number of hydrogen-bond donors (Lipinski definition) is 2. The molecule has 1 heterocycles. The SMILES string of the molecule is CCOc1ccc(NC(=O)C2(C)CCCNC2)cc1F.Cl. The zero-order chi connectivity index (χ0) is 14.6. The van der Waals surface area contributed by atoms with Crippen LogP contribution < -0.4 is 15.4 Å². The Morgan fingerprint density at radius 2 is 2.29 bits per heavy atom. The van der Waals surface area contributed by atoms with Crippen LogP contribution in [0.3, 0.4) is 0 Å². The van der Waals surface area contributed by atoms with Gasteiger partial charge in [0.05, 0.1) is 12.0 Å². The van der Waals surface area contributed by atoms with E-state index in [9.17, 15) is 9.18 Å². The molecule has 1 aliphatic rings. The third-order valence-electron chi connectivity index (χ3n) is 3.64. The van der Waals surface area contributed by atoms with Crippen LogP contribution in [0.25, 0.3) is 0 Å². The van der Waals surface area contributed by atoms with Crippen molar-refractivity contribution in [3.63, 3.8) is 0 Å². The van der Waals surface area contributed by atoms with E-state index < -0.39 is 11.2 Å². The molecule has 1 aliphatic heterocycles. The number of carbonyl (C=O) groups excluding carboxylic acids is 1. The van der Waals surface area contributed by atoms with Crippen molar-refractivity contribution in [3.8, 4) is 5.75 Å². The number of piperidine rings is 1. The topological polar surface area (TPSA) is 50.4 Å². The van der Waals surface area contributed by atoms with Crippen LogP contribution in [0.1, 0.15) is 26.7 Å². The molecule has 1 saturated heterocycles. The molecule has 2 rings (SSSR count). The van der Waals surface area contributed by atoms with E-state index in [1.165, 1.54) is 12.1 Å². The van der Waals surface area contributed by atoms with Crippen molar-refractivity contribution in [3.05, 3.63) is 24.0 Å². The van der Waals surface area contributed by atoms with E-state index in [1.54, 1.807) is 13.0 Å². The fourth-order valence-corrected chi connectivity index (χ4v) is 2.38. The molecule has 1 atom stereocenters. The van der Waals surface area contributed by atoms with Gasteiger partial charge in [0.25, 0.3) is 0 Å². The Kier molecular flexibility index (Phi) is 6.42. The molecule has 118 valence electrons. The predicted octanol–water partition coefficient (Wildman–Crippen LogP) is 2.97. The third kappa shape index (κ3) is 4.32.